The van der Waals surface area contributed by atoms with E-state index in [9.17, 15) is 26.0 Å². The molecule has 162 valence electrons. The molecule has 0 bridgehead atoms. The van der Waals surface area contributed by atoms with Crippen molar-refractivity contribution in [3.63, 3.8) is 0 Å². The van der Waals surface area contributed by atoms with Gasteiger partial charge >= 0.3 is 0 Å². The van der Waals surface area contributed by atoms with Crippen molar-refractivity contribution in [3.05, 3.63) is 76.2 Å². The number of hydrogen-bond acceptors (Lipinski definition) is 4. The van der Waals surface area contributed by atoms with Crippen molar-refractivity contribution in [1.29, 1.82) is 0 Å². The van der Waals surface area contributed by atoms with E-state index in [0.717, 1.165) is 24.6 Å². The molecule has 0 fully saturated rings. The Morgan fingerprint density at radius 3 is 2.30 bits per heavy atom. The number of halogens is 4. The van der Waals surface area contributed by atoms with Crippen molar-refractivity contribution in [2.75, 3.05) is 11.4 Å². The molecule has 2 aromatic carbocycles. The predicted molar refractivity (Wildman–Crippen MR) is 105 cm³/mol. The van der Waals surface area contributed by atoms with Gasteiger partial charge in [-0.3, -0.25) is 0 Å². The van der Waals surface area contributed by atoms with E-state index < -0.39 is 55.7 Å². The maximum atomic E-state index is 14.1. The minimum absolute atomic E-state index is 0.208. The van der Waals surface area contributed by atoms with Gasteiger partial charge in [0.1, 0.15) is 6.61 Å². The van der Waals surface area contributed by atoms with Gasteiger partial charge in [-0.05, 0) is 37.6 Å². The van der Waals surface area contributed by atoms with E-state index in [4.69, 9.17) is 4.74 Å². The van der Waals surface area contributed by atoms with Gasteiger partial charge in [-0.15, -0.1) is 0 Å². The summed E-state index contributed by atoms with van der Waals surface area (Å²) in [5.74, 6) is -7.79. The van der Waals surface area contributed by atoms with Crippen LogP contribution in [0, 0.1) is 30.2 Å². The van der Waals surface area contributed by atoms with Crippen LogP contribution >= 0.6 is 0 Å². The lowest BCUT2D eigenvalue weighted by atomic mass is 10.1. The van der Waals surface area contributed by atoms with E-state index in [-0.39, 0.29) is 6.61 Å². The maximum Gasteiger partial charge on any atom is 0.186 e. The second kappa shape index (κ2) is 8.29. The summed E-state index contributed by atoms with van der Waals surface area (Å²) in [6, 6.07) is 4.95. The molecule has 1 heterocycles. The molecule has 1 aliphatic rings. The van der Waals surface area contributed by atoms with Crippen molar-refractivity contribution < 1.29 is 30.7 Å². The van der Waals surface area contributed by atoms with Gasteiger partial charge in [0.25, 0.3) is 0 Å². The van der Waals surface area contributed by atoms with E-state index in [1.807, 2.05) is 11.8 Å². The van der Waals surface area contributed by atoms with Crippen LogP contribution in [0.4, 0.5) is 23.2 Å². The topological polar surface area (TPSA) is 46.6 Å². The van der Waals surface area contributed by atoms with Gasteiger partial charge in [-0.25, -0.2) is 26.0 Å². The molecule has 0 radical (unpaired) electrons. The number of anilines is 1. The SMILES string of the molecule is C=C1OCc2cc(CS(=O)(=O)Cc3c(F)c(F)c(C)c(F)c3F)ccc2N1CCC. The van der Waals surface area contributed by atoms with E-state index in [1.165, 1.54) is 0 Å². The molecular weight excluding hydrogens is 422 g/mol. The molecule has 0 N–H and O–H groups in total. The Hall–Kier alpha value is -2.55. The summed E-state index contributed by atoms with van der Waals surface area (Å²) >= 11 is 0. The Morgan fingerprint density at radius 2 is 1.70 bits per heavy atom. The third kappa shape index (κ3) is 4.16. The first-order valence-electron chi connectivity index (χ1n) is 9.28. The molecule has 0 aliphatic carbocycles. The first-order valence-corrected chi connectivity index (χ1v) is 11.1. The molecule has 3 rings (SSSR count). The van der Waals surface area contributed by atoms with Crippen molar-refractivity contribution in [1.82, 2.24) is 0 Å². The smallest absolute Gasteiger partial charge is 0.186 e. The number of rotatable bonds is 6. The summed E-state index contributed by atoms with van der Waals surface area (Å²) in [7, 11) is -4.13. The molecule has 30 heavy (non-hydrogen) atoms. The van der Waals surface area contributed by atoms with Crippen LogP contribution in [0.3, 0.4) is 0 Å². The number of sulfone groups is 1. The van der Waals surface area contributed by atoms with Gasteiger partial charge in [-0.1, -0.05) is 13.0 Å². The number of nitrogens with zero attached hydrogens (tertiary/aromatic N) is 1. The molecule has 9 heteroatoms. The molecule has 0 saturated carbocycles. The fraction of sp³-hybridized carbons (Fsp3) is 0.333. The quantitative estimate of drug-likeness (QED) is 0.472. The molecule has 0 saturated heterocycles. The number of fused-ring (bicyclic) bond motifs is 1. The van der Waals surface area contributed by atoms with Crippen LogP contribution in [0.25, 0.3) is 0 Å². The molecule has 1 aliphatic heterocycles. The zero-order chi connectivity index (χ0) is 22.2. The summed E-state index contributed by atoms with van der Waals surface area (Å²) in [6.07, 6.45) is 0.846. The third-order valence-corrected chi connectivity index (χ3v) is 6.40. The zero-order valence-corrected chi connectivity index (χ0v) is 17.4. The zero-order valence-electron chi connectivity index (χ0n) is 16.6. The van der Waals surface area contributed by atoms with Crippen molar-refractivity contribution >= 4 is 15.5 Å². The number of benzene rings is 2. The minimum Gasteiger partial charge on any atom is -0.474 e. The molecular formula is C21H21F4NO3S. The first-order chi connectivity index (χ1) is 14.1. The van der Waals surface area contributed by atoms with Gasteiger partial charge < -0.3 is 9.64 Å². The minimum atomic E-state index is -4.13. The normalized spacial score (nSPS) is 13.9. The summed E-state index contributed by atoms with van der Waals surface area (Å²) in [4.78, 5) is 1.87. The van der Waals surface area contributed by atoms with E-state index in [0.29, 0.717) is 18.0 Å². The molecule has 0 amide bonds. The highest BCUT2D eigenvalue weighted by Crippen LogP contribution is 2.32. The lowest BCUT2D eigenvalue weighted by Crippen LogP contribution is -2.29. The molecule has 0 aromatic heterocycles. The Morgan fingerprint density at radius 1 is 1.07 bits per heavy atom. The molecule has 0 atom stereocenters. The molecule has 2 aromatic rings. The number of hydrogen-bond donors (Lipinski definition) is 0. The highest BCUT2D eigenvalue weighted by Gasteiger charge is 2.27. The van der Waals surface area contributed by atoms with Crippen molar-refractivity contribution in [2.24, 2.45) is 0 Å². The Bertz CT molecular complexity index is 1090. The number of ether oxygens (including phenoxy) is 1. The first kappa shape index (κ1) is 22.1. The Kier molecular flexibility index (Phi) is 6.12. The fourth-order valence-corrected chi connectivity index (χ4v) is 4.87. The van der Waals surface area contributed by atoms with Crippen LogP contribution in [-0.4, -0.2) is 15.0 Å². The van der Waals surface area contributed by atoms with Crippen molar-refractivity contribution in [3.8, 4) is 0 Å². The van der Waals surface area contributed by atoms with Crippen molar-refractivity contribution in [2.45, 2.75) is 38.4 Å². The molecule has 4 nitrogen and oxygen atoms in total. The summed E-state index contributed by atoms with van der Waals surface area (Å²) < 4.78 is 86.2. The summed E-state index contributed by atoms with van der Waals surface area (Å²) in [6.45, 7) is 7.61. The Balaban J connectivity index is 1.88. The average molecular weight is 443 g/mol. The van der Waals surface area contributed by atoms with Gasteiger partial charge in [-0.2, -0.15) is 0 Å². The second-order valence-electron chi connectivity index (χ2n) is 7.19. The largest absolute Gasteiger partial charge is 0.474 e. The average Bonchev–Trinajstić information content (AvgIpc) is 2.70. The molecule has 0 spiro atoms. The van der Waals surface area contributed by atoms with Gasteiger partial charge in [0.2, 0.25) is 0 Å². The van der Waals surface area contributed by atoms with Crippen LogP contribution < -0.4 is 4.90 Å². The van der Waals surface area contributed by atoms with Crippen LogP contribution in [0.1, 0.15) is 35.6 Å². The highest BCUT2D eigenvalue weighted by molar-refractivity contribution is 7.89. The fourth-order valence-electron chi connectivity index (χ4n) is 3.39. The van der Waals surface area contributed by atoms with Crippen LogP contribution in [0.5, 0.6) is 0 Å². The molecule has 0 unspecified atom stereocenters. The maximum absolute atomic E-state index is 14.1. The van der Waals surface area contributed by atoms with Crippen LogP contribution in [0.2, 0.25) is 0 Å². The van der Waals surface area contributed by atoms with E-state index >= 15 is 0 Å². The monoisotopic (exact) mass is 443 g/mol. The second-order valence-corrected chi connectivity index (χ2v) is 9.25. The summed E-state index contributed by atoms with van der Waals surface area (Å²) in [5.41, 5.74) is -0.0149. The van der Waals surface area contributed by atoms with Crippen LogP contribution in [0.15, 0.2) is 30.7 Å². The van der Waals surface area contributed by atoms with Gasteiger partial charge in [0.05, 0.1) is 17.2 Å². The van der Waals surface area contributed by atoms with E-state index in [1.54, 1.807) is 18.2 Å². The van der Waals surface area contributed by atoms with E-state index in [2.05, 4.69) is 6.58 Å². The third-order valence-electron chi connectivity index (χ3n) is 4.90. The lowest BCUT2D eigenvalue weighted by molar-refractivity contribution is 0.181. The van der Waals surface area contributed by atoms with Gasteiger partial charge in [0.15, 0.2) is 39.0 Å². The standard InChI is InChI=1S/C21H21F4NO3S/c1-4-7-26-13(3)29-9-15-8-14(5-6-17(15)26)10-30(27,28)11-16-20(24)18(22)12(2)19(23)21(16)25/h5-6,8H,3-4,7,9-11H2,1-2H3. The van der Waals surface area contributed by atoms with Crippen LogP contribution in [-0.2, 0) is 32.7 Å². The lowest BCUT2D eigenvalue weighted by Gasteiger charge is -2.32. The highest BCUT2D eigenvalue weighted by atomic mass is 32.2. The summed E-state index contributed by atoms with van der Waals surface area (Å²) in [5, 5.41) is 0. The van der Waals surface area contributed by atoms with Gasteiger partial charge in [0, 0.05) is 23.2 Å². The Labute approximate surface area is 172 Å². The predicted octanol–water partition coefficient (Wildman–Crippen LogP) is 4.88.